The summed E-state index contributed by atoms with van der Waals surface area (Å²) in [6, 6.07) is 9.13. The molecule has 2 aliphatic rings. The topological polar surface area (TPSA) is 63.1 Å². The van der Waals surface area contributed by atoms with Gasteiger partial charge in [0.2, 0.25) is 0 Å². The van der Waals surface area contributed by atoms with Gasteiger partial charge in [0.05, 0.1) is 11.3 Å². The first-order valence-electron chi connectivity index (χ1n) is 13.2. The van der Waals surface area contributed by atoms with Crippen LogP contribution in [0.4, 0.5) is 4.39 Å². The van der Waals surface area contributed by atoms with Gasteiger partial charge >= 0.3 is 5.97 Å². The molecule has 41 heavy (non-hydrogen) atoms. The number of carboxylic acid groups (broad SMARTS) is 1. The zero-order valence-electron chi connectivity index (χ0n) is 23.6. The molecule has 2 aromatic rings. The van der Waals surface area contributed by atoms with Crippen LogP contribution in [0.25, 0.3) is 0 Å². The van der Waals surface area contributed by atoms with Gasteiger partial charge in [0.25, 0.3) is 0 Å². The Labute approximate surface area is 266 Å². The molecule has 228 valence electrons. The molecule has 0 radical (unpaired) electrons. The summed E-state index contributed by atoms with van der Waals surface area (Å²) in [5, 5.41) is 10.2. The molecule has 0 bridgehead atoms. The van der Waals surface area contributed by atoms with E-state index in [0.29, 0.717) is 29.2 Å². The molecule has 1 atom stereocenters. The average Bonchev–Trinajstić information content (AvgIpc) is 2.91. The number of benzene rings is 1. The van der Waals surface area contributed by atoms with Gasteiger partial charge in [-0.15, -0.1) is 37.2 Å². The van der Waals surface area contributed by atoms with Crippen molar-refractivity contribution in [3.8, 4) is 0 Å². The summed E-state index contributed by atoms with van der Waals surface area (Å²) in [5.74, 6) is -1.15. The molecule has 0 aliphatic carbocycles. The lowest BCUT2D eigenvalue weighted by Crippen LogP contribution is -2.57. The maximum Gasteiger partial charge on any atom is 0.335 e. The molecule has 0 saturated carbocycles. The molecule has 1 N–H and O–H groups in total. The first kappa shape index (κ1) is 37.1. The van der Waals surface area contributed by atoms with E-state index >= 15 is 0 Å². The standard InChI is InChI=1S/C29H37ClFN5O2.3ClH/c1-4-33(20-25-26(30)8-5-9-27(25)31)19-23-11-10-22(17-32-23)18-34-13-15-35(16-14-34)28-24(29(37)38)7-6-12-36(28)21(2)3;;;/h5-12,17,21,28H,4,13-16,18-20H2,1-3H3,(H,37,38);3*1H. The average molecular weight is 651 g/mol. The number of aliphatic carboxylic acids is 1. The Hall–Kier alpha value is -1.91. The van der Waals surface area contributed by atoms with Crippen LogP contribution in [0, 0.1) is 5.82 Å². The zero-order chi connectivity index (χ0) is 27.2. The molecule has 7 nitrogen and oxygen atoms in total. The third kappa shape index (κ3) is 9.55. The smallest absolute Gasteiger partial charge is 0.335 e. The third-order valence-corrected chi connectivity index (χ3v) is 7.61. The van der Waals surface area contributed by atoms with Gasteiger partial charge in [0.15, 0.2) is 0 Å². The van der Waals surface area contributed by atoms with Crippen molar-refractivity contribution in [3.05, 3.63) is 88.1 Å². The lowest BCUT2D eigenvalue weighted by Gasteiger charge is -2.46. The Balaban J connectivity index is 0.00000280. The maximum atomic E-state index is 14.2. The van der Waals surface area contributed by atoms with Crippen molar-refractivity contribution >= 4 is 54.8 Å². The van der Waals surface area contributed by atoms with Crippen LogP contribution < -0.4 is 0 Å². The summed E-state index contributed by atoms with van der Waals surface area (Å²) in [6.07, 6.45) is 7.20. The van der Waals surface area contributed by atoms with E-state index < -0.39 is 5.97 Å². The minimum Gasteiger partial charge on any atom is -0.478 e. The zero-order valence-corrected chi connectivity index (χ0v) is 26.8. The highest BCUT2D eigenvalue weighted by Gasteiger charge is 2.35. The van der Waals surface area contributed by atoms with Gasteiger partial charge in [0.1, 0.15) is 12.0 Å². The van der Waals surface area contributed by atoms with Gasteiger partial charge in [-0.1, -0.05) is 30.7 Å². The highest BCUT2D eigenvalue weighted by molar-refractivity contribution is 6.31. The van der Waals surface area contributed by atoms with Crippen LogP contribution in [0.1, 0.15) is 37.6 Å². The predicted molar refractivity (Wildman–Crippen MR) is 170 cm³/mol. The Morgan fingerprint density at radius 1 is 1.12 bits per heavy atom. The molecule has 1 saturated heterocycles. The van der Waals surface area contributed by atoms with Crippen LogP contribution >= 0.6 is 48.8 Å². The molecule has 1 aromatic carbocycles. The largest absolute Gasteiger partial charge is 0.478 e. The lowest BCUT2D eigenvalue weighted by atomic mass is 10.0. The molecule has 1 aromatic heterocycles. The summed E-state index contributed by atoms with van der Waals surface area (Å²) in [4.78, 5) is 25.5. The van der Waals surface area contributed by atoms with Gasteiger partial charge in [0, 0.05) is 74.8 Å². The summed E-state index contributed by atoms with van der Waals surface area (Å²) < 4.78 is 14.2. The van der Waals surface area contributed by atoms with Crippen LogP contribution in [0.2, 0.25) is 5.02 Å². The highest BCUT2D eigenvalue weighted by Crippen LogP contribution is 2.25. The second-order valence-corrected chi connectivity index (χ2v) is 10.6. The number of nitrogens with zero attached hydrogens (tertiary/aromatic N) is 5. The third-order valence-electron chi connectivity index (χ3n) is 7.26. The summed E-state index contributed by atoms with van der Waals surface area (Å²) in [6.45, 7) is 12.1. The molecule has 1 unspecified atom stereocenters. The molecule has 4 rings (SSSR count). The fourth-order valence-corrected chi connectivity index (χ4v) is 5.30. The van der Waals surface area contributed by atoms with Crippen LogP contribution in [-0.4, -0.2) is 80.6 Å². The summed E-state index contributed by atoms with van der Waals surface area (Å²) in [7, 11) is 0. The first-order chi connectivity index (χ1) is 18.3. The Morgan fingerprint density at radius 2 is 1.83 bits per heavy atom. The van der Waals surface area contributed by atoms with Crippen LogP contribution in [0.15, 0.2) is 60.5 Å². The van der Waals surface area contributed by atoms with Gasteiger partial charge in [-0.3, -0.25) is 19.7 Å². The van der Waals surface area contributed by atoms with Gasteiger partial charge in [-0.25, -0.2) is 9.18 Å². The Morgan fingerprint density at radius 3 is 2.39 bits per heavy atom. The highest BCUT2D eigenvalue weighted by atomic mass is 35.5. The molecule has 12 heteroatoms. The minimum absolute atomic E-state index is 0. The van der Waals surface area contributed by atoms with Gasteiger partial charge in [-0.05, 0) is 56.3 Å². The Bertz CT molecular complexity index is 1150. The number of allylic oxidation sites excluding steroid dienone is 2. The van der Waals surface area contributed by atoms with Crippen LogP contribution in [-0.2, 0) is 24.4 Å². The molecule has 2 aliphatic heterocycles. The first-order valence-corrected chi connectivity index (χ1v) is 13.6. The molecule has 1 fully saturated rings. The monoisotopic (exact) mass is 649 g/mol. The molecule has 3 heterocycles. The SMILES string of the molecule is CCN(Cc1ccc(CN2CCN(C3C(C(=O)O)=CC=CN3C(C)C)CC2)cn1)Cc1c(F)cccc1Cl.Cl.Cl.Cl. The minimum atomic E-state index is -0.864. The van der Waals surface area contributed by atoms with E-state index in [9.17, 15) is 14.3 Å². The van der Waals surface area contributed by atoms with E-state index in [4.69, 9.17) is 11.6 Å². The lowest BCUT2D eigenvalue weighted by molar-refractivity contribution is -0.134. The molecule has 0 spiro atoms. The molecular formula is C29H40Cl4FN5O2. The second-order valence-electron chi connectivity index (χ2n) is 10.2. The van der Waals surface area contributed by atoms with Crippen LogP contribution in [0.3, 0.4) is 0 Å². The number of carboxylic acids is 1. The van der Waals surface area contributed by atoms with Crippen molar-refractivity contribution in [3.63, 3.8) is 0 Å². The number of rotatable bonds is 10. The Kier molecular flexibility index (Phi) is 15.6. The summed E-state index contributed by atoms with van der Waals surface area (Å²) in [5.41, 5.74) is 3.00. The van der Waals surface area contributed by atoms with Crippen molar-refractivity contribution in [2.24, 2.45) is 0 Å². The van der Waals surface area contributed by atoms with Crippen molar-refractivity contribution < 1.29 is 14.3 Å². The van der Waals surface area contributed by atoms with Crippen molar-refractivity contribution in [2.75, 3.05) is 32.7 Å². The normalized spacial score (nSPS) is 17.5. The number of piperazine rings is 1. The number of pyridine rings is 1. The summed E-state index contributed by atoms with van der Waals surface area (Å²) >= 11 is 6.22. The van der Waals surface area contributed by atoms with Crippen LogP contribution in [0.5, 0.6) is 0 Å². The number of halogens is 5. The van der Waals surface area contributed by atoms with E-state index in [1.165, 1.54) is 6.07 Å². The quantitative estimate of drug-likeness (QED) is 0.346. The van der Waals surface area contributed by atoms with E-state index in [-0.39, 0.29) is 55.2 Å². The van der Waals surface area contributed by atoms with Crippen molar-refractivity contribution in [1.82, 2.24) is 24.6 Å². The fraction of sp³-hybridized carbons (Fsp3) is 0.448. The number of hydrogen-bond donors (Lipinski definition) is 1. The molecular weight excluding hydrogens is 611 g/mol. The fourth-order valence-electron chi connectivity index (χ4n) is 5.08. The van der Waals surface area contributed by atoms with Crippen molar-refractivity contribution in [1.29, 1.82) is 0 Å². The van der Waals surface area contributed by atoms with E-state index in [1.54, 1.807) is 18.2 Å². The van der Waals surface area contributed by atoms with Gasteiger partial charge in [-0.2, -0.15) is 0 Å². The number of hydrogen-bond acceptors (Lipinski definition) is 6. The van der Waals surface area contributed by atoms with E-state index in [2.05, 4.69) is 44.5 Å². The number of carbonyl (C=O) groups is 1. The maximum absolute atomic E-state index is 14.2. The predicted octanol–water partition coefficient (Wildman–Crippen LogP) is 5.85. The second kappa shape index (κ2) is 17.3. The van der Waals surface area contributed by atoms with Gasteiger partial charge < -0.3 is 10.0 Å². The van der Waals surface area contributed by atoms with E-state index in [1.807, 2.05) is 31.5 Å². The van der Waals surface area contributed by atoms with Crippen molar-refractivity contribution in [2.45, 2.75) is 52.6 Å². The van der Waals surface area contributed by atoms with E-state index in [0.717, 1.165) is 50.5 Å². The molecule has 0 amide bonds. The number of aromatic nitrogens is 1.